The molecule has 1 aromatic carbocycles. The molecule has 2 unspecified atom stereocenters. The van der Waals surface area contributed by atoms with Gasteiger partial charge in [-0.2, -0.15) is 0 Å². The average Bonchev–Trinajstić information content (AvgIpc) is 2.34. The van der Waals surface area contributed by atoms with Gasteiger partial charge in [-0.05, 0) is 52.9 Å². The second-order valence-corrected chi connectivity index (χ2v) is 6.09. The van der Waals surface area contributed by atoms with Crippen LogP contribution in [0.5, 0.6) is 0 Å². The van der Waals surface area contributed by atoms with Crippen molar-refractivity contribution in [2.75, 3.05) is 5.32 Å². The van der Waals surface area contributed by atoms with E-state index in [4.69, 9.17) is 11.6 Å². The van der Waals surface area contributed by atoms with Crippen LogP contribution in [0.15, 0.2) is 22.7 Å². The largest absolute Gasteiger partial charge is 0.382 e. The SMILES string of the molecule is CCC1CCCCC1Nc1ccc(Br)c(Cl)c1. The van der Waals surface area contributed by atoms with E-state index in [1.54, 1.807) is 0 Å². The number of anilines is 1. The summed E-state index contributed by atoms with van der Waals surface area (Å²) < 4.78 is 0.959. The van der Waals surface area contributed by atoms with Crippen molar-refractivity contribution < 1.29 is 0 Å². The molecular weight excluding hydrogens is 298 g/mol. The molecule has 1 N–H and O–H groups in total. The van der Waals surface area contributed by atoms with Crippen molar-refractivity contribution in [3.05, 3.63) is 27.7 Å². The molecule has 0 spiro atoms. The lowest BCUT2D eigenvalue weighted by Gasteiger charge is -2.32. The first kappa shape index (κ1) is 13.2. The minimum atomic E-state index is 0.617. The molecular formula is C14H19BrClN. The standard InChI is InChI=1S/C14H19BrClN/c1-2-10-5-3-4-6-14(10)17-11-7-8-12(15)13(16)9-11/h7-10,14,17H,2-6H2,1H3. The number of benzene rings is 1. The van der Waals surface area contributed by atoms with Crippen LogP contribution in [-0.4, -0.2) is 6.04 Å². The minimum absolute atomic E-state index is 0.617. The predicted octanol–water partition coefficient (Wildman–Crippen LogP) is 5.48. The van der Waals surface area contributed by atoms with Crippen LogP contribution in [0, 0.1) is 5.92 Å². The van der Waals surface area contributed by atoms with Gasteiger partial charge in [0.2, 0.25) is 0 Å². The summed E-state index contributed by atoms with van der Waals surface area (Å²) in [5.41, 5.74) is 1.14. The smallest absolute Gasteiger partial charge is 0.0568 e. The number of hydrogen-bond acceptors (Lipinski definition) is 1. The number of halogens is 2. The van der Waals surface area contributed by atoms with E-state index < -0.39 is 0 Å². The van der Waals surface area contributed by atoms with Crippen LogP contribution >= 0.6 is 27.5 Å². The van der Waals surface area contributed by atoms with Gasteiger partial charge in [0.25, 0.3) is 0 Å². The Morgan fingerprint density at radius 2 is 2.12 bits per heavy atom. The zero-order valence-electron chi connectivity index (χ0n) is 10.2. The van der Waals surface area contributed by atoms with Gasteiger partial charge in [0.05, 0.1) is 5.02 Å². The number of hydrogen-bond donors (Lipinski definition) is 1. The highest BCUT2D eigenvalue weighted by Gasteiger charge is 2.23. The monoisotopic (exact) mass is 315 g/mol. The molecule has 1 saturated carbocycles. The summed E-state index contributed by atoms with van der Waals surface area (Å²) in [6.45, 7) is 2.29. The molecule has 1 aliphatic rings. The third kappa shape index (κ3) is 3.38. The van der Waals surface area contributed by atoms with Gasteiger partial charge in [-0.15, -0.1) is 0 Å². The molecule has 1 fully saturated rings. The van der Waals surface area contributed by atoms with Gasteiger partial charge >= 0.3 is 0 Å². The van der Waals surface area contributed by atoms with Crippen LogP contribution in [-0.2, 0) is 0 Å². The molecule has 17 heavy (non-hydrogen) atoms. The molecule has 94 valence electrons. The van der Waals surface area contributed by atoms with Crippen LogP contribution in [0.3, 0.4) is 0 Å². The molecule has 0 bridgehead atoms. The van der Waals surface area contributed by atoms with Crippen molar-refractivity contribution in [2.24, 2.45) is 5.92 Å². The summed E-state index contributed by atoms with van der Waals surface area (Å²) in [4.78, 5) is 0. The van der Waals surface area contributed by atoms with E-state index in [9.17, 15) is 0 Å². The quantitative estimate of drug-likeness (QED) is 0.778. The van der Waals surface area contributed by atoms with Crippen LogP contribution in [0.1, 0.15) is 39.0 Å². The van der Waals surface area contributed by atoms with E-state index in [-0.39, 0.29) is 0 Å². The average molecular weight is 317 g/mol. The summed E-state index contributed by atoms with van der Waals surface area (Å²) in [6, 6.07) is 6.73. The fourth-order valence-corrected chi connectivity index (χ4v) is 3.11. The maximum absolute atomic E-state index is 6.11. The van der Waals surface area contributed by atoms with Gasteiger partial charge < -0.3 is 5.32 Å². The van der Waals surface area contributed by atoms with Gasteiger partial charge in [0.1, 0.15) is 0 Å². The van der Waals surface area contributed by atoms with Gasteiger partial charge in [-0.1, -0.05) is 37.8 Å². The summed E-state index contributed by atoms with van der Waals surface area (Å²) >= 11 is 9.54. The number of nitrogens with one attached hydrogen (secondary N) is 1. The zero-order chi connectivity index (χ0) is 12.3. The first-order valence-corrected chi connectivity index (χ1v) is 7.59. The van der Waals surface area contributed by atoms with Gasteiger partial charge in [-0.25, -0.2) is 0 Å². The Morgan fingerprint density at radius 3 is 2.82 bits per heavy atom. The summed E-state index contributed by atoms with van der Waals surface area (Å²) in [5, 5.41) is 4.42. The minimum Gasteiger partial charge on any atom is -0.382 e. The van der Waals surface area contributed by atoms with Crippen molar-refractivity contribution >= 4 is 33.2 Å². The lowest BCUT2D eigenvalue weighted by atomic mass is 9.83. The molecule has 1 aromatic rings. The zero-order valence-corrected chi connectivity index (χ0v) is 12.5. The van der Waals surface area contributed by atoms with Crippen molar-refractivity contribution in [1.82, 2.24) is 0 Å². The fourth-order valence-electron chi connectivity index (χ4n) is 2.69. The third-order valence-corrected chi connectivity index (χ3v) is 4.94. The van der Waals surface area contributed by atoms with Crippen LogP contribution in [0.4, 0.5) is 5.69 Å². The Morgan fingerprint density at radius 1 is 1.35 bits per heavy atom. The highest BCUT2D eigenvalue weighted by atomic mass is 79.9. The highest BCUT2D eigenvalue weighted by Crippen LogP contribution is 2.31. The maximum Gasteiger partial charge on any atom is 0.0568 e. The highest BCUT2D eigenvalue weighted by molar-refractivity contribution is 9.10. The molecule has 3 heteroatoms. The van der Waals surface area contributed by atoms with Crippen LogP contribution in [0.2, 0.25) is 5.02 Å². The van der Waals surface area contributed by atoms with Crippen LogP contribution < -0.4 is 5.32 Å². The van der Waals surface area contributed by atoms with E-state index in [0.29, 0.717) is 6.04 Å². The van der Waals surface area contributed by atoms with Crippen molar-refractivity contribution in [3.8, 4) is 0 Å². The molecule has 0 heterocycles. The first-order valence-electron chi connectivity index (χ1n) is 6.42. The molecule has 0 amide bonds. The lowest BCUT2D eigenvalue weighted by molar-refractivity contribution is 0.317. The molecule has 0 aliphatic heterocycles. The summed E-state index contributed by atoms with van der Waals surface area (Å²) in [7, 11) is 0. The normalized spacial score (nSPS) is 24.6. The van der Waals surface area contributed by atoms with E-state index in [0.717, 1.165) is 21.1 Å². The molecule has 0 saturated heterocycles. The second-order valence-electron chi connectivity index (χ2n) is 4.83. The molecule has 0 radical (unpaired) electrons. The first-order chi connectivity index (χ1) is 8.20. The van der Waals surface area contributed by atoms with Crippen LogP contribution in [0.25, 0.3) is 0 Å². The maximum atomic E-state index is 6.11. The van der Waals surface area contributed by atoms with Gasteiger partial charge in [0, 0.05) is 16.2 Å². The second kappa shape index (κ2) is 6.10. The third-order valence-electron chi connectivity index (χ3n) is 3.71. The Kier molecular flexibility index (Phi) is 4.75. The molecule has 2 atom stereocenters. The fraction of sp³-hybridized carbons (Fsp3) is 0.571. The van der Waals surface area contributed by atoms with E-state index in [1.807, 2.05) is 12.1 Å². The van der Waals surface area contributed by atoms with Crippen molar-refractivity contribution in [3.63, 3.8) is 0 Å². The van der Waals surface area contributed by atoms with Crippen molar-refractivity contribution in [1.29, 1.82) is 0 Å². The van der Waals surface area contributed by atoms with E-state index >= 15 is 0 Å². The molecule has 1 aliphatic carbocycles. The Labute approximate surface area is 117 Å². The van der Waals surface area contributed by atoms with E-state index in [1.165, 1.54) is 32.1 Å². The predicted molar refractivity (Wildman–Crippen MR) is 78.8 cm³/mol. The Hall–Kier alpha value is -0.210. The Balaban J connectivity index is 2.05. The molecule has 2 rings (SSSR count). The molecule has 1 nitrogen and oxygen atoms in total. The van der Waals surface area contributed by atoms with E-state index in [2.05, 4.69) is 34.2 Å². The van der Waals surface area contributed by atoms with Gasteiger partial charge in [0.15, 0.2) is 0 Å². The molecule has 0 aromatic heterocycles. The lowest BCUT2D eigenvalue weighted by Crippen LogP contribution is -2.31. The van der Waals surface area contributed by atoms with Gasteiger partial charge in [-0.3, -0.25) is 0 Å². The Bertz CT molecular complexity index is 380. The number of rotatable bonds is 3. The summed E-state index contributed by atoms with van der Waals surface area (Å²) in [6.07, 6.45) is 6.64. The van der Waals surface area contributed by atoms with Crippen molar-refractivity contribution in [2.45, 2.75) is 45.1 Å². The topological polar surface area (TPSA) is 12.0 Å². The summed E-state index contributed by atoms with van der Waals surface area (Å²) in [5.74, 6) is 0.811.